The second-order valence-corrected chi connectivity index (χ2v) is 12.5. The van der Waals surface area contributed by atoms with E-state index in [4.69, 9.17) is 9.47 Å². The van der Waals surface area contributed by atoms with Crippen molar-refractivity contribution < 1.29 is 23.5 Å². The van der Waals surface area contributed by atoms with Crippen molar-refractivity contribution in [2.24, 2.45) is 0 Å². The van der Waals surface area contributed by atoms with Crippen LogP contribution < -0.4 is 10.1 Å². The van der Waals surface area contributed by atoms with Gasteiger partial charge in [0.25, 0.3) is 0 Å². The van der Waals surface area contributed by atoms with Gasteiger partial charge >= 0.3 is 6.09 Å². The summed E-state index contributed by atoms with van der Waals surface area (Å²) in [6.45, 7) is 9.19. The number of rotatable bonds is 9. The molecular weight excluding hydrogens is 505 g/mol. The van der Waals surface area contributed by atoms with Gasteiger partial charge in [-0.15, -0.1) is 11.8 Å². The van der Waals surface area contributed by atoms with Crippen LogP contribution >= 0.6 is 11.8 Å². The van der Waals surface area contributed by atoms with Gasteiger partial charge in [-0.05, 0) is 57.9 Å². The third-order valence-corrected chi connectivity index (χ3v) is 7.53. The van der Waals surface area contributed by atoms with E-state index in [1.165, 1.54) is 16.7 Å². The molecule has 1 heterocycles. The van der Waals surface area contributed by atoms with Gasteiger partial charge in [0, 0.05) is 16.9 Å². The van der Waals surface area contributed by atoms with Crippen molar-refractivity contribution in [3.63, 3.8) is 0 Å². The summed E-state index contributed by atoms with van der Waals surface area (Å²) in [7, 11) is 0. The zero-order valence-electron chi connectivity index (χ0n) is 22.6. The fourth-order valence-corrected chi connectivity index (χ4v) is 5.11. The summed E-state index contributed by atoms with van der Waals surface area (Å²) in [5.41, 5.74) is 1.34. The highest BCUT2D eigenvalue weighted by Gasteiger charge is 2.45. The number of nitrogens with zero attached hydrogens (tertiary/aromatic N) is 2. The van der Waals surface area contributed by atoms with Crippen molar-refractivity contribution in [3.8, 4) is 11.8 Å². The standard InChI is InChI=1S/C29H36FN3O4S/c1-28(2,3)37-27(35)32-25(26(34)33-17-22(30)15-23(33)16-31)29(4,5)38-19-21-11-13-24(14-12-21)36-18-20-9-7-6-8-10-20/h6-14,22-23,25H,15,17-19H2,1-5H3,(H,32,35)/t22-,23-,25+/m0/s1. The number of halogens is 1. The molecule has 2 aromatic rings. The van der Waals surface area contributed by atoms with E-state index in [2.05, 4.69) is 5.32 Å². The highest BCUT2D eigenvalue weighted by Crippen LogP contribution is 2.34. The van der Waals surface area contributed by atoms with E-state index in [1.54, 1.807) is 20.8 Å². The number of hydrogen-bond acceptors (Lipinski definition) is 6. The summed E-state index contributed by atoms with van der Waals surface area (Å²) in [5.74, 6) is 0.808. The molecule has 0 radical (unpaired) electrons. The molecule has 0 spiro atoms. The van der Waals surface area contributed by atoms with Gasteiger partial charge in [-0.1, -0.05) is 42.5 Å². The molecule has 2 aromatic carbocycles. The maximum Gasteiger partial charge on any atom is 0.408 e. The number of alkyl carbamates (subject to hydrolysis) is 1. The first-order chi connectivity index (χ1) is 17.9. The van der Waals surface area contributed by atoms with Gasteiger partial charge in [-0.25, -0.2) is 9.18 Å². The monoisotopic (exact) mass is 541 g/mol. The number of amides is 2. The summed E-state index contributed by atoms with van der Waals surface area (Å²) in [4.78, 5) is 27.5. The minimum Gasteiger partial charge on any atom is -0.489 e. The average molecular weight is 542 g/mol. The topological polar surface area (TPSA) is 91.7 Å². The molecule has 0 aromatic heterocycles. The average Bonchev–Trinajstić information content (AvgIpc) is 3.25. The number of hydrogen-bond donors (Lipinski definition) is 1. The van der Waals surface area contributed by atoms with Crippen molar-refractivity contribution >= 4 is 23.8 Å². The van der Waals surface area contributed by atoms with E-state index < -0.39 is 40.6 Å². The number of likely N-dealkylation sites (tertiary alicyclic amines) is 1. The van der Waals surface area contributed by atoms with Crippen molar-refractivity contribution in [1.82, 2.24) is 10.2 Å². The van der Waals surface area contributed by atoms with Crippen LogP contribution in [0.25, 0.3) is 0 Å². The highest BCUT2D eigenvalue weighted by molar-refractivity contribution is 7.99. The van der Waals surface area contributed by atoms with E-state index >= 15 is 0 Å². The number of carbonyl (C=O) groups is 2. The first-order valence-electron chi connectivity index (χ1n) is 12.6. The molecule has 1 N–H and O–H groups in total. The van der Waals surface area contributed by atoms with Crippen molar-refractivity contribution in [1.29, 1.82) is 5.26 Å². The zero-order valence-corrected chi connectivity index (χ0v) is 23.4. The predicted molar refractivity (Wildman–Crippen MR) is 146 cm³/mol. The molecule has 1 aliphatic heterocycles. The lowest BCUT2D eigenvalue weighted by molar-refractivity contribution is -0.134. The Balaban J connectivity index is 1.69. The quantitative estimate of drug-likeness (QED) is 0.442. The summed E-state index contributed by atoms with van der Waals surface area (Å²) in [6, 6.07) is 17.7. The molecule has 3 rings (SSSR count). The van der Waals surface area contributed by atoms with E-state index in [0.717, 1.165) is 16.9 Å². The van der Waals surface area contributed by atoms with Gasteiger partial charge < -0.3 is 19.7 Å². The second-order valence-electron chi connectivity index (χ2n) is 10.9. The van der Waals surface area contributed by atoms with Crippen LogP contribution in [0.4, 0.5) is 9.18 Å². The molecule has 0 aliphatic carbocycles. The first-order valence-corrected chi connectivity index (χ1v) is 13.6. The van der Waals surface area contributed by atoms with Gasteiger partial charge in [0.2, 0.25) is 5.91 Å². The Morgan fingerprint density at radius 3 is 2.37 bits per heavy atom. The summed E-state index contributed by atoms with van der Waals surface area (Å²) in [6.07, 6.45) is -2.05. The third-order valence-electron chi connectivity index (χ3n) is 6.07. The van der Waals surface area contributed by atoms with E-state index in [9.17, 15) is 19.2 Å². The smallest absolute Gasteiger partial charge is 0.408 e. The van der Waals surface area contributed by atoms with Crippen LogP contribution in [0, 0.1) is 11.3 Å². The SMILES string of the molecule is CC(C)(C)OC(=O)N[C@H](C(=O)N1C[C@@H](F)C[C@H]1C#N)C(C)(C)SCc1ccc(OCc2ccccc2)cc1. The van der Waals surface area contributed by atoms with Crippen LogP contribution in [-0.2, 0) is 21.9 Å². The number of ether oxygens (including phenoxy) is 2. The Kier molecular flexibility index (Phi) is 9.66. The first kappa shape index (κ1) is 29.3. The summed E-state index contributed by atoms with van der Waals surface area (Å²) in [5, 5.41) is 12.2. The van der Waals surface area contributed by atoms with E-state index in [-0.39, 0.29) is 13.0 Å². The lowest BCUT2D eigenvalue weighted by atomic mass is 10.0. The van der Waals surface area contributed by atoms with Crippen LogP contribution in [0.1, 0.15) is 52.2 Å². The molecule has 204 valence electrons. The highest BCUT2D eigenvalue weighted by atomic mass is 32.2. The lowest BCUT2D eigenvalue weighted by Gasteiger charge is -2.36. The molecular formula is C29H36FN3O4S. The molecule has 0 unspecified atom stereocenters. The summed E-state index contributed by atoms with van der Waals surface area (Å²) < 4.78 is 24.6. The normalized spacial score (nSPS) is 18.4. The fraction of sp³-hybridized carbons (Fsp3) is 0.483. The Morgan fingerprint density at radius 2 is 1.76 bits per heavy atom. The van der Waals surface area contributed by atoms with Crippen molar-refractivity contribution in [2.75, 3.05) is 6.54 Å². The molecule has 38 heavy (non-hydrogen) atoms. The van der Waals surface area contributed by atoms with Crippen LogP contribution in [0.15, 0.2) is 54.6 Å². The number of nitrogens with one attached hydrogen (secondary N) is 1. The van der Waals surface area contributed by atoms with Crippen molar-refractivity contribution in [2.45, 2.75) is 82.0 Å². The number of alkyl halides is 1. The van der Waals surface area contributed by atoms with Crippen LogP contribution in [0.3, 0.4) is 0 Å². The molecule has 1 fully saturated rings. The van der Waals surface area contributed by atoms with Crippen LogP contribution in [0.5, 0.6) is 5.75 Å². The fourth-order valence-electron chi connectivity index (χ4n) is 4.05. The minimum absolute atomic E-state index is 0.0341. The van der Waals surface area contributed by atoms with Crippen LogP contribution in [0.2, 0.25) is 0 Å². The largest absolute Gasteiger partial charge is 0.489 e. The molecule has 2 amide bonds. The van der Waals surface area contributed by atoms with Crippen LogP contribution in [-0.4, -0.2) is 52.0 Å². The minimum atomic E-state index is -1.27. The molecule has 1 aliphatic rings. The number of carbonyl (C=O) groups excluding carboxylic acids is 2. The third kappa shape index (κ3) is 8.38. The van der Waals surface area contributed by atoms with E-state index in [1.807, 2.05) is 74.5 Å². The van der Waals surface area contributed by atoms with Gasteiger partial charge in [-0.2, -0.15) is 5.26 Å². The summed E-state index contributed by atoms with van der Waals surface area (Å²) >= 11 is 1.48. The molecule has 9 heteroatoms. The zero-order chi connectivity index (χ0) is 27.9. The number of nitriles is 1. The Morgan fingerprint density at radius 1 is 1.11 bits per heavy atom. The van der Waals surface area contributed by atoms with Gasteiger partial charge in [0.1, 0.15) is 36.2 Å². The van der Waals surface area contributed by atoms with E-state index in [0.29, 0.717) is 12.4 Å². The van der Waals surface area contributed by atoms with Gasteiger partial charge in [0.05, 0.1) is 12.6 Å². The Bertz CT molecular complexity index is 1130. The predicted octanol–water partition coefficient (Wildman–Crippen LogP) is 5.63. The lowest BCUT2D eigenvalue weighted by Crippen LogP contribution is -2.58. The molecule has 1 saturated heterocycles. The number of thioether (sulfide) groups is 1. The van der Waals surface area contributed by atoms with Gasteiger partial charge in [0.15, 0.2) is 0 Å². The Hall–Kier alpha value is -3.25. The maximum atomic E-state index is 14.1. The van der Waals surface area contributed by atoms with Crippen molar-refractivity contribution in [3.05, 3.63) is 65.7 Å². The maximum absolute atomic E-state index is 14.1. The van der Waals surface area contributed by atoms with Gasteiger partial charge in [-0.3, -0.25) is 4.79 Å². The number of benzene rings is 2. The molecule has 0 bridgehead atoms. The molecule has 7 nitrogen and oxygen atoms in total. The Labute approximate surface area is 228 Å². The molecule has 0 saturated carbocycles. The molecule has 3 atom stereocenters. The second kappa shape index (κ2) is 12.5.